The van der Waals surface area contributed by atoms with Crippen molar-refractivity contribution in [1.82, 2.24) is 5.32 Å². The molecule has 0 saturated heterocycles. The Balaban J connectivity index is 2.45. The average Bonchev–Trinajstić information content (AvgIpc) is 2.34. The third-order valence-electron chi connectivity index (χ3n) is 1.99. The zero-order chi connectivity index (χ0) is 12.7. The summed E-state index contributed by atoms with van der Waals surface area (Å²) in [6, 6.07) is 6.16. The van der Waals surface area contributed by atoms with Crippen molar-refractivity contribution in [3.63, 3.8) is 0 Å². The molecule has 0 aliphatic heterocycles. The van der Waals surface area contributed by atoms with Crippen LogP contribution in [0.1, 0.15) is 5.56 Å². The van der Waals surface area contributed by atoms with Crippen molar-refractivity contribution in [1.29, 1.82) is 0 Å². The van der Waals surface area contributed by atoms with Gasteiger partial charge < -0.3 is 10.1 Å². The van der Waals surface area contributed by atoms with Gasteiger partial charge in [-0.15, -0.1) is 0 Å². The number of nitro groups is 1. The molecule has 1 rings (SSSR count). The lowest BCUT2D eigenvalue weighted by atomic mass is 10.2. The lowest BCUT2D eigenvalue weighted by Crippen LogP contribution is -2.06. The third-order valence-corrected chi connectivity index (χ3v) is 1.99. The number of ether oxygens (including phenoxy) is 1. The average molecular weight is 236 g/mol. The summed E-state index contributed by atoms with van der Waals surface area (Å²) in [6.07, 6.45) is 2.72. The topological polar surface area (TPSA) is 81.5 Å². The predicted octanol–water partition coefficient (Wildman–Crippen LogP) is 1.37. The van der Waals surface area contributed by atoms with Crippen molar-refractivity contribution in [3.8, 4) is 0 Å². The van der Waals surface area contributed by atoms with E-state index >= 15 is 0 Å². The number of benzene rings is 1. The highest BCUT2D eigenvalue weighted by Crippen LogP contribution is 2.11. The second kappa shape index (κ2) is 6.26. The van der Waals surface area contributed by atoms with Crippen LogP contribution in [0, 0.1) is 10.1 Å². The van der Waals surface area contributed by atoms with Gasteiger partial charge >= 0.3 is 5.97 Å². The van der Waals surface area contributed by atoms with E-state index in [0.717, 1.165) is 5.56 Å². The maximum Gasteiger partial charge on any atom is 0.331 e. The number of carbonyl (C=O) groups excluding carboxylic acids is 1. The van der Waals surface area contributed by atoms with Crippen LogP contribution in [0.15, 0.2) is 36.5 Å². The first-order chi connectivity index (χ1) is 8.13. The number of rotatable bonds is 5. The maximum atomic E-state index is 10.7. The van der Waals surface area contributed by atoms with Crippen LogP contribution in [-0.2, 0) is 16.1 Å². The largest absolute Gasteiger partial charge is 0.466 e. The Bertz CT molecular complexity index is 426. The maximum absolute atomic E-state index is 10.7. The van der Waals surface area contributed by atoms with Gasteiger partial charge in [-0.05, 0) is 5.56 Å². The van der Waals surface area contributed by atoms with E-state index in [1.54, 1.807) is 12.1 Å². The summed E-state index contributed by atoms with van der Waals surface area (Å²) in [5.41, 5.74) is 0.934. The molecule has 0 bridgehead atoms. The molecule has 0 atom stereocenters. The van der Waals surface area contributed by atoms with Crippen LogP contribution in [0.25, 0.3) is 0 Å². The molecule has 6 nitrogen and oxygen atoms in total. The first kappa shape index (κ1) is 12.7. The van der Waals surface area contributed by atoms with E-state index in [-0.39, 0.29) is 5.69 Å². The van der Waals surface area contributed by atoms with Crippen LogP contribution in [0.3, 0.4) is 0 Å². The fourth-order valence-corrected chi connectivity index (χ4v) is 1.11. The van der Waals surface area contributed by atoms with Crippen molar-refractivity contribution in [3.05, 3.63) is 52.2 Å². The van der Waals surface area contributed by atoms with Crippen molar-refractivity contribution >= 4 is 11.7 Å². The van der Waals surface area contributed by atoms with Crippen LogP contribution in [0.5, 0.6) is 0 Å². The monoisotopic (exact) mass is 236 g/mol. The van der Waals surface area contributed by atoms with E-state index in [9.17, 15) is 14.9 Å². The number of nitro benzene ring substituents is 1. The Morgan fingerprint density at radius 1 is 1.47 bits per heavy atom. The summed E-state index contributed by atoms with van der Waals surface area (Å²) in [7, 11) is 1.29. The van der Waals surface area contributed by atoms with E-state index in [1.165, 1.54) is 31.5 Å². The SMILES string of the molecule is COC(=O)/C=C/NCc1ccc([N+](=O)[O-])cc1. The minimum Gasteiger partial charge on any atom is -0.466 e. The molecule has 90 valence electrons. The highest BCUT2D eigenvalue weighted by molar-refractivity contribution is 5.81. The summed E-state index contributed by atoms with van der Waals surface area (Å²) < 4.78 is 4.40. The number of methoxy groups -OCH3 is 1. The summed E-state index contributed by atoms with van der Waals surface area (Å²) >= 11 is 0. The highest BCUT2D eigenvalue weighted by Gasteiger charge is 2.02. The lowest BCUT2D eigenvalue weighted by molar-refractivity contribution is -0.384. The smallest absolute Gasteiger partial charge is 0.331 e. The van der Waals surface area contributed by atoms with Gasteiger partial charge in [-0.2, -0.15) is 0 Å². The minimum atomic E-state index is -0.450. The number of nitrogens with zero attached hydrogens (tertiary/aromatic N) is 1. The molecule has 17 heavy (non-hydrogen) atoms. The number of hydrogen-bond donors (Lipinski definition) is 1. The van der Waals surface area contributed by atoms with Crippen LogP contribution in [0.2, 0.25) is 0 Å². The van der Waals surface area contributed by atoms with E-state index in [0.29, 0.717) is 6.54 Å². The summed E-state index contributed by atoms with van der Waals surface area (Å²) in [4.78, 5) is 20.7. The molecule has 1 N–H and O–H groups in total. The molecule has 0 heterocycles. The second-order valence-electron chi connectivity index (χ2n) is 3.16. The second-order valence-corrected chi connectivity index (χ2v) is 3.16. The van der Waals surface area contributed by atoms with Gasteiger partial charge in [0.05, 0.1) is 12.0 Å². The van der Waals surface area contributed by atoms with E-state index < -0.39 is 10.9 Å². The molecule has 0 aliphatic rings. The number of nitrogens with one attached hydrogen (secondary N) is 1. The van der Waals surface area contributed by atoms with Gasteiger partial charge in [0, 0.05) is 31.0 Å². The molecule has 0 aromatic heterocycles. The Morgan fingerprint density at radius 2 is 2.12 bits per heavy atom. The van der Waals surface area contributed by atoms with Gasteiger partial charge in [0.2, 0.25) is 0 Å². The fraction of sp³-hybridized carbons (Fsp3) is 0.182. The Kier molecular flexibility index (Phi) is 4.68. The highest BCUT2D eigenvalue weighted by atomic mass is 16.6. The molecule has 0 fully saturated rings. The van der Waals surface area contributed by atoms with Crippen molar-refractivity contribution < 1.29 is 14.5 Å². The summed E-state index contributed by atoms with van der Waals surface area (Å²) in [5, 5.41) is 13.3. The van der Waals surface area contributed by atoms with Crippen LogP contribution >= 0.6 is 0 Å². The van der Waals surface area contributed by atoms with Gasteiger partial charge in [-0.25, -0.2) is 4.79 Å². The van der Waals surface area contributed by atoms with E-state index in [2.05, 4.69) is 10.1 Å². The van der Waals surface area contributed by atoms with Gasteiger partial charge in [0.1, 0.15) is 0 Å². The molecule has 0 unspecified atom stereocenters. The predicted molar refractivity (Wildman–Crippen MR) is 61.1 cm³/mol. The van der Waals surface area contributed by atoms with Crippen molar-refractivity contribution in [2.45, 2.75) is 6.54 Å². The van der Waals surface area contributed by atoms with E-state index in [1.807, 2.05) is 0 Å². The molecule has 0 aliphatic carbocycles. The van der Waals surface area contributed by atoms with Gasteiger partial charge in [0.15, 0.2) is 0 Å². The Labute approximate surface area is 98.0 Å². The normalized spacial score (nSPS) is 10.2. The van der Waals surface area contributed by atoms with Crippen LogP contribution in [0.4, 0.5) is 5.69 Å². The zero-order valence-corrected chi connectivity index (χ0v) is 9.25. The molecular formula is C11H12N2O4. The molecular weight excluding hydrogens is 224 g/mol. The fourth-order valence-electron chi connectivity index (χ4n) is 1.11. The molecule has 0 amide bonds. The molecule has 1 aromatic rings. The zero-order valence-electron chi connectivity index (χ0n) is 9.25. The summed E-state index contributed by atoms with van der Waals surface area (Å²) in [5.74, 6) is -0.443. The van der Waals surface area contributed by atoms with Crippen LogP contribution in [-0.4, -0.2) is 18.0 Å². The number of hydrogen-bond acceptors (Lipinski definition) is 5. The third kappa shape index (κ3) is 4.33. The standard InChI is InChI=1S/C11H12N2O4/c1-17-11(14)6-7-12-8-9-2-4-10(5-3-9)13(15)16/h2-7,12H,8H2,1H3/b7-6+. The Morgan fingerprint density at radius 3 is 2.65 bits per heavy atom. The first-order valence-electron chi connectivity index (χ1n) is 4.84. The molecule has 0 radical (unpaired) electrons. The van der Waals surface area contributed by atoms with Crippen molar-refractivity contribution in [2.24, 2.45) is 0 Å². The molecule has 0 spiro atoms. The van der Waals surface area contributed by atoms with Gasteiger partial charge in [0.25, 0.3) is 5.69 Å². The minimum absolute atomic E-state index is 0.0545. The Hall–Kier alpha value is -2.37. The van der Waals surface area contributed by atoms with Crippen molar-refractivity contribution in [2.75, 3.05) is 7.11 Å². The lowest BCUT2D eigenvalue weighted by Gasteiger charge is -2.00. The summed E-state index contributed by atoms with van der Waals surface area (Å²) in [6.45, 7) is 0.478. The number of esters is 1. The number of non-ortho nitro benzene ring substituents is 1. The van der Waals surface area contributed by atoms with Crippen LogP contribution < -0.4 is 5.32 Å². The van der Waals surface area contributed by atoms with E-state index in [4.69, 9.17) is 0 Å². The quantitative estimate of drug-likeness (QED) is 0.361. The molecule has 6 heteroatoms. The molecule has 1 aromatic carbocycles. The number of carbonyl (C=O) groups is 1. The molecule has 0 saturated carbocycles. The van der Waals surface area contributed by atoms with Gasteiger partial charge in [-0.1, -0.05) is 12.1 Å². The van der Waals surface area contributed by atoms with Gasteiger partial charge in [-0.3, -0.25) is 10.1 Å². The first-order valence-corrected chi connectivity index (χ1v) is 4.84.